The van der Waals surface area contributed by atoms with E-state index in [9.17, 15) is 9.90 Å². The summed E-state index contributed by atoms with van der Waals surface area (Å²) in [5, 5.41) is 12.3. The van der Waals surface area contributed by atoms with Gasteiger partial charge in [0.15, 0.2) is 0 Å². The van der Waals surface area contributed by atoms with Crippen LogP contribution >= 0.6 is 0 Å². The number of amides is 1. The van der Waals surface area contributed by atoms with Gasteiger partial charge in [-0.3, -0.25) is 9.69 Å². The molecule has 128 valence electrons. The summed E-state index contributed by atoms with van der Waals surface area (Å²) in [6.45, 7) is 8.52. The van der Waals surface area contributed by atoms with Gasteiger partial charge in [-0.15, -0.1) is 0 Å². The summed E-state index contributed by atoms with van der Waals surface area (Å²) in [5.74, 6) is 0.841. The number of rotatable bonds is 7. The molecule has 0 aromatic heterocycles. The Morgan fingerprint density at radius 1 is 1.26 bits per heavy atom. The molecule has 0 saturated carbocycles. The average molecular weight is 320 g/mol. The minimum absolute atomic E-state index is 0.0257. The van der Waals surface area contributed by atoms with Crippen LogP contribution < -0.4 is 5.32 Å². The van der Waals surface area contributed by atoms with Gasteiger partial charge >= 0.3 is 0 Å². The summed E-state index contributed by atoms with van der Waals surface area (Å²) < 4.78 is 5.42. The van der Waals surface area contributed by atoms with Crippen LogP contribution in [0.5, 0.6) is 5.75 Å². The Labute approximate surface area is 138 Å². The van der Waals surface area contributed by atoms with Crippen LogP contribution in [0.3, 0.4) is 0 Å². The van der Waals surface area contributed by atoms with Crippen LogP contribution in [0.25, 0.3) is 0 Å². The van der Waals surface area contributed by atoms with Crippen molar-refractivity contribution in [3.05, 3.63) is 29.8 Å². The first-order chi connectivity index (χ1) is 11.0. The van der Waals surface area contributed by atoms with Gasteiger partial charge < -0.3 is 15.2 Å². The number of carbonyl (C=O) groups excluding carboxylic acids is 1. The lowest BCUT2D eigenvalue weighted by molar-refractivity contribution is -0.120. The van der Waals surface area contributed by atoms with Crippen molar-refractivity contribution >= 4 is 5.91 Å². The van der Waals surface area contributed by atoms with Crippen molar-refractivity contribution in [2.75, 3.05) is 32.8 Å². The fraction of sp³-hybridized carbons (Fsp3) is 0.611. The molecule has 1 amide bonds. The van der Waals surface area contributed by atoms with E-state index in [1.165, 1.54) is 0 Å². The van der Waals surface area contributed by atoms with Gasteiger partial charge in [0, 0.05) is 25.7 Å². The molecular formula is C18H28N2O3. The molecule has 1 saturated heterocycles. The minimum Gasteiger partial charge on any atom is -0.508 e. The molecule has 5 heteroatoms. The standard InChI is InChI=1S/C18H28N2O3/c1-14(2)11-16(20-7-9-23-10-8-20)13-19-18(22)12-15-3-5-17(21)6-4-15/h3-6,14,16,21H,7-13H2,1-2H3,(H,19,22). The Morgan fingerprint density at radius 3 is 2.52 bits per heavy atom. The Morgan fingerprint density at radius 2 is 1.91 bits per heavy atom. The largest absolute Gasteiger partial charge is 0.508 e. The maximum atomic E-state index is 12.2. The number of morpholine rings is 1. The molecule has 0 spiro atoms. The number of phenols is 1. The fourth-order valence-electron chi connectivity index (χ4n) is 2.94. The van der Waals surface area contributed by atoms with E-state index in [-0.39, 0.29) is 11.7 Å². The Kier molecular flexibility index (Phi) is 6.86. The number of hydrogen-bond acceptors (Lipinski definition) is 4. The van der Waals surface area contributed by atoms with Crippen molar-refractivity contribution in [2.45, 2.75) is 32.7 Å². The number of carbonyl (C=O) groups is 1. The third-order valence-corrected chi connectivity index (χ3v) is 4.14. The summed E-state index contributed by atoms with van der Waals surface area (Å²) in [5.41, 5.74) is 0.909. The number of phenolic OH excluding ortho intramolecular Hbond substituents is 1. The smallest absolute Gasteiger partial charge is 0.224 e. The maximum Gasteiger partial charge on any atom is 0.224 e. The molecule has 1 heterocycles. The molecule has 1 aliphatic heterocycles. The first kappa shape index (κ1) is 17.8. The molecule has 1 aliphatic rings. The molecule has 1 fully saturated rings. The molecule has 0 radical (unpaired) electrons. The third kappa shape index (κ3) is 6.20. The van der Waals surface area contributed by atoms with Gasteiger partial charge in [0.1, 0.15) is 5.75 Å². The van der Waals surface area contributed by atoms with Crippen LogP contribution in [0.15, 0.2) is 24.3 Å². The van der Waals surface area contributed by atoms with Gasteiger partial charge in [0.25, 0.3) is 0 Å². The topological polar surface area (TPSA) is 61.8 Å². The van der Waals surface area contributed by atoms with E-state index in [1.807, 2.05) is 0 Å². The summed E-state index contributed by atoms with van der Waals surface area (Å²) >= 11 is 0. The molecule has 0 bridgehead atoms. The zero-order valence-electron chi connectivity index (χ0n) is 14.1. The van der Waals surface area contributed by atoms with Crippen LogP contribution in [0.1, 0.15) is 25.8 Å². The van der Waals surface area contributed by atoms with Crippen LogP contribution in [0.2, 0.25) is 0 Å². The summed E-state index contributed by atoms with van der Waals surface area (Å²) in [7, 11) is 0. The normalized spacial score (nSPS) is 17.2. The van der Waals surface area contributed by atoms with Crippen LogP contribution in [-0.2, 0) is 16.0 Å². The Balaban J connectivity index is 1.83. The first-order valence-electron chi connectivity index (χ1n) is 8.41. The first-order valence-corrected chi connectivity index (χ1v) is 8.41. The van der Waals surface area contributed by atoms with E-state index in [4.69, 9.17) is 4.74 Å². The highest BCUT2D eigenvalue weighted by atomic mass is 16.5. The number of aromatic hydroxyl groups is 1. The number of ether oxygens (including phenoxy) is 1. The quantitative estimate of drug-likeness (QED) is 0.804. The minimum atomic E-state index is 0.0257. The van der Waals surface area contributed by atoms with Crippen LogP contribution in [-0.4, -0.2) is 54.8 Å². The highest BCUT2D eigenvalue weighted by Crippen LogP contribution is 2.13. The number of benzene rings is 1. The van der Waals surface area contributed by atoms with Crippen molar-refractivity contribution in [3.8, 4) is 5.75 Å². The SMILES string of the molecule is CC(C)CC(CNC(=O)Cc1ccc(O)cc1)N1CCOCC1. The highest BCUT2D eigenvalue weighted by Gasteiger charge is 2.22. The zero-order chi connectivity index (χ0) is 16.7. The average Bonchev–Trinajstić information content (AvgIpc) is 2.54. The van der Waals surface area contributed by atoms with Gasteiger partial charge in [0.05, 0.1) is 19.6 Å². The van der Waals surface area contributed by atoms with E-state index in [0.717, 1.165) is 38.3 Å². The number of nitrogens with one attached hydrogen (secondary N) is 1. The highest BCUT2D eigenvalue weighted by molar-refractivity contribution is 5.78. The van der Waals surface area contributed by atoms with Gasteiger partial charge in [-0.2, -0.15) is 0 Å². The maximum absolute atomic E-state index is 12.2. The second kappa shape index (κ2) is 8.89. The van der Waals surface area contributed by atoms with E-state index in [1.54, 1.807) is 24.3 Å². The van der Waals surface area contributed by atoms with Crippen LogP contribution in [0, 0.1) is 5.92 Å². The molecule has 1 aromatic rings. The summed E-state index contributed by atoms with van der Waals surface area (Å²) in [6.07, 6.45) is 1.41. The van der Waals surface area contributed by atoms with Crippen molar-refractivity contribution in [2.24, 2.45) is 5.92 Å². The number of nitrogens with zero attached hydrogens (tertiary/aromatic N) is 1. The van der Waals surface area contributed by atoms with E-state index in [0.29, 0.717) is 24.9 Å². The zero-order valence-corrected chi connectivity index (χ0v) is 14.1. The van der Waals surface area contributed by atoms with E-state index < -0.39 is 0 Å². The molecule has 1 unspecified atom stereocenters. The van der Waals surface area contributed by atoms with Gasteiger partial charge in [-0.25, -0.2) is 0 Å². The Bertz CT molecular complexity index is 482. The predicted octanol–water partition coefficient (Wildman–Crippen LogP) is 1.80. The molecule has 23 heavy (non-hydrogen) atoms. The fourth-order valence-corrected chi connectivity index (χ4v) is 2.94. The lowest BCUT2D eigenvalue weighted by atomic mass is 10.0. The predicted molar refractivity (Wildman–Crippen MR) is 90.5 cm³/mol. The summed E-state index contributed by atoms with van der Waals surface area (Å²) in [6, 6.07) is 7.14. The van der Waals surface area contributed by atoms with Crippen molar-refractivity contribution in [1.29, 1.82) is 0 Å². The van der Waals surface area contributed by atoms with Gasteiger partial charge in [-0.1, -0.05) is 26.0 Å². The molecular weight excluding hydrogens is 292 g/mol. The van der Waals surface area contributed by atoms with Crippen molar-refractivity contribution < 1.29 is 14.6 Å². The van der Waals surface area contributed by atoms with Crippen molar-refractivity contribution in [3.63, 3.8) is 0 Å². The number of hydrogen-bond donors (Lipinski definition) is 2. The molecule has 1 aromatic carbocycles. The molecule has 0 aliphatic carbocycles. The molecule has 2 rings (SSSR count). The second-order valence-corrected chi connectivity index (χ2v) is 6.58. The lowest BCUT2D eigenvalue weighted by Crippen LogP contribution is -2.49. The second-order valence-electron chi connectivity index (χ2n) is 6.58. The summed E-state index contributed by atoms with van der Waals surface area (Å²) in [4.78, 5) is 14.6. The molecule has 1 atom stereocenters. The van der Waals surface area contributed by atoms with E-state index >= 15 is 0 Å². The molecule has 2 N–H and O–H groups in total. The molecule has 5 nitrogen and oxygen atoms in total. The lowest BCUT2D eigenvalue weighted by Gasteiger charge is -2.35. The van der Waals surface area contributed by atoms with Gasteiger partial charge in [0.2, 0.25) is 5.91 Å². The third-order valence-electron chi connectivity index (χ3n) is 4.14. The Hall–Kier alpha value is -1.59. The van der Waals surface area contributed by atoms with Gasteiger partial charge in [-0.05, 0) is 30.0 Å². The monoisotopic (exact) mass is 320 g/mol. The van der Waals surface area contributed by atoms with Crippen LogP contribution in [0.4, 0.5) is 0 Å². The van der Waals surface area contributed by atoms with E-state index in [2.05, 4.69) is 24.1 Å². The van der Waals surface area contributed by atoms with Crippen molar-refractivity contribution in [1.82, 2.24) is 10.2 Å².